The SMILES string of the molecule is Cc1cc(C)c(Nc2cc(C(=O)NCC3CCCO3)nc(C)n2)c(C)c1. The van der Waals surface area contributed by atoms with Crippen LogP contribution < -0.4 is 10.6 Å². The van der Waals surface area contributed by atoms with Crippen molar-refractivity contribution in [3.05, 3.63) is 46.4 Å². The molecule has 1 fully saturated rings. The van der Waals surface area contributed by atoms with Crippen molar-refractivity contribution >= 4 is 17.4 Å². The molecule has 2 aromatic rings. The van der Waals surface area contributed by atoms with Gasteiger partial charge in [-0.05, 0) is 51.7 Å². The normalized spacial score (nSPS) is 16.5. The van der Waals surface area contributed by atoms with Gasteiger partial charge in [0.25, 0.3) is 5.91 Å². The molecule has 1 amide bonds. The van der Waals surface area contributed by atoms with E-state index in [4.69, 9.17) is 4.74 Å². The van der Waals surface area contributed by atoms with Crippen LogP contribution in [-0.4, -0.2) is 35.1 Å². The van der Waals surface area contributed by atoms with E-state index in [0.29, 0.717) is 23.9 Å². The van der Waals surface area contributed by atoms with E-state index in [2.05, 4.69) is 53.5 Å². The van der Waals surface area contributed by atoms with Crippen LogP contribution in [0.15, 0.2) is 18.2 Å². The number of aromatic nitrogens is 2. The number of nitrogens with zero attached hydrogens (tertiary/aromatic N) is 2. The molecule has 1 aliphatic heterocycles. The highest BCUT2D eigenvalue weighted by Gasteiger charge is 2.18. The first-order chi connectivity index (χ1) is 12.4. The number of aryl methyl sites for hydroxylation is 4. The van der Waals surface area contributed by atoms with Crippen LogP contribution >= 0.6 is 0 Å². The Morgan fingerprint density at radius 2 is 1.88 bits per heavy atom. The third-order valence-electron chi connectivity index (χ3n) is 4.51. The molecule has 2 N–H and O–H groups in total. The number of anilines is 2. The number of hydrogen-bond donors (Lipinski definition) is 2. The Bertz CT molecular complexity index is 790. The topological polar surface area (TPSA) is 76.1 Å². The summed E-state index contributed by atoms with van der Waals surface area (Å²) in [5.41, 5.74) is 4.88. The van der Waals surface area contributed by atoms with Crippen molar-refractivity contribution in [3.63, 3.8) is 0 Å². The molecule has 6 nitrogen and oxygen atoms in total. The maximum absolute atomic E-state index is 12.5. The Labute approximate surface area is 154 Å². The molecule has 1 aromatic carbocycles. The van der Waals surface area contributed by atoms with Crippen LogP contribution in [0.5, 0.6) is 0 Å². The average molecular weight is 354 g/mol. The first kappa shape index (κ1) is 18.3. The van der Waals surface area contributed by atoms with Crippen LogP contribution in [-0.2, 0) is 4.74 Å². The van der Waals surface area contributed by atoms with E-state index in [1.54, 1.807) is 13.0 Å². The van der Waals surface area contributed by atoms with Gasteiger partial charge in [-0.3, -0.25) is 4.79 Å². The Morgan fingerprint density at radius 1 is 1.15 bits per heavy atom. The fourth-order valence-electron chi connectivity index (χ4n) is 3.36. The van der Waals surface area contributed by atoms with Crippen LogP contribution in [0.2, 0.25) is 0 Å². The number of carbonyl (C=O) groups excluding carboxylic acids is 1. The molecule has 1 aliphatic rings. The fraction of sp³-hybridized carbons (Fsp3) is 0.450. The lowest BCUT2D eigenvalue weighted by molar-refractivity contribution is 0.0853. The van der Waals surface area contributed by atoms with Gasteiger partial charge in [-0.2, -0.15) is 0 Å². The Kier molecular flexibility index (Phi) is 5.52. The number of ether oxygens (including phenoxy) is 1. The predicted octanol–water partition coefficient (Wildman–Crippen LogP) is 3.36. The second kappa shape index (κ2) is 7.83. The van der Waals surface area contributed by atoms with Gasteiger partial charge in [0.15, 0.2) is 0 Å². The molecule has 1 aromatic heterocycles. The van der Waals surface area contributed by atoms with Gasteiger partial charge in [-0.15, -0.1) is 0 Å². The van der Waals surface area contributed by atoms with E-state index in [1.165, 1.54) is 5.56 Å². The summed E-state index contributed by atoms with van der Waals surface area (Å²) in [6.45, 7) is 9.28. The highest BCUT2D eigenvalue weighted by atomic mass is 16.5. The van der Waals surface area contributed by atoms with Crippen molar-refractivity contribution in [2.45, 2.75) is 46.6 Å². The van der Waals surface area contributed by atoms with E-state index in [0.717, 1.165) is 36.3 Å². The summed E-state index contributed by atoms with van der Waals surface area (Å²) >= 11 is 0. The summed E-state index contributed by atoms with van der Waals surface area (Å²) < 4.78 is 5.54. The molecule has 1 unspecified atom stereocenters. The lowest BCUT2D eigenvalue weighted by Gasteiger charge is -2.15. The first-order valence-corrected chi connectivity index (χ1v) is 9.03. The quantitative estimate of drug-likeness (QED) is 0.861. The number of amides is 1. The van der Waals surface area contributed by atoms with Crippen LogP contribution in [0.3, 0.4) is 0 Å². The Balaban J connectivity index is 1.76. The lowest BCUT2D eigenvalue weighted by Crippen LogP contribution is -2.32. The van der Waals surface area contributed by atoms with Gasteiger partial charge in [-0.25, -0.2) is 9.97 Å². The first-order valence-electron chi connectivity index (χ1n) is 9.03. The zero-order chi connectivity index (χ0) is 18.7. The standard InChI is InChI=1S/C20H26N4O2/c1-12-8-13(2)19(14(3)9-12)24-18-10-17(22-15(4)23-18)20(25)21-11-16-6-5-7-26-16/h8-10,16H,5-7,11H2,1-4H3,(H,21,25)(H,22,23,24). The number of rotatable bonds is 5. The molecule has 1 atom stereocenters. The predicted molar refractivity (Wildman–Crippen MR) is 102 cm³/mol. The molecule has 26 heavy (non-hydrogen) atoms. The van der Waals surface area contributed by atoms with Gasteiger partial charge in [0.2, 0.25) is 0 Å². The molecule has 0 aliphatic carbocycles. The van der Waals surface area contributed by atoms with Crippen LogP contribution in [0, 0.1) is 27.7 Å². The summed E-state index contributed by atoms with van der Waals surface area (Å²) in [7, 11) is 0. The summed E-state index contributed by atoms with van der Waals surface area (Å²) in [6, 6.07) is 5.94. The number of hydrogen-bond acceptors (Lipinski definition) is 5. The summed E-state index contributed by atoms with van der Waals surface area (Å²) in [4.78, 5) is 21.2. The largest absolute Gasteiger partial charge is 0.376 e. The fourth-order valence-corrected chi connectivity index (χ4v) is 3.36. The van der Waals surface area contributed by atoms with Crippen molar-refractivity contribution in [2.75, 3.05) is 18.5 Å². The molecule has 2 heterocycles. The summed E-state index contributed by atoms with van der Waals surface area (Å²) in [6.07, 6.45) is 2.15. The van der Waals surface area contributed by atoms with E-state index in [-0.39, 0.29) is 12.0 Å². The summed E-state index contributed by atoms with van der Waals surface area (Å²) in [5, 5.41) is 6.25. The number of benzene rings is 1. The smallest absolute Gasteiger partial charge is 0.270 e. The van der Waals surface area contributed by atoms with Crippen molar-refractivity contribution in [2.24, 2.45) is 0 Å². The monoisotopic (exact) mass is 354 g/mol. The molecule has 0 bridgehead atoms. The zero-order valence-corrected chi connectivity index (χ0v) is 15.8. The van der Waals surface area contributed by atoms with Crippen LogP contribution in [0.1, 0.15) is 45.8 Å². The van der Waals surface area contributed by atoms with Crippen LogP contribution in [0.25, 0.3) is 0 Å². The van der Waals surface area contributed by atoms with Gasteiger partial charge in [0.05, 0.1) is 6.10 Å². The van der Waals surface area contributed by atoms with Gasteiger partial charge in [0.1, 0.15) is 17.3 Å². The third kappa shape index (κ3) is 4.38. The van der Waals surface area contributed by atoms with Crippen molar-refractivity contribution in [1.29, 1.82) is 0 Å². The van der Waals surface area contributed by atoms with Gasteiger partial charge >= 0.3 is 0 Å². The van der Waals surface area contributed by atoms with E-state index < -0.39 is 0 Å². The Morgan fingerprint density at radius 3 is 2.54 bits per heavy atom. The number of carbonyl (C=O) groups is 1. The average Bonchev–Trinajstić information content (AvgIpc) is 3.09. The van der Waals surface area contributed by atoms with E-state index >= 15 is 0 Å². The molecular formula is C20H26N4O2. The minimum absolute atomic E-state index is 0.109. The zero-order valence-electron chi connectivity index (χ0n) is 15.8. The highest BCUT2D eigenvalue weighted by molar-refractivity contribution is 5.93. The van der Waals surface area contributed by atoms with Gasteiger partial charge in [0, 0.05) is 24.9 Å². The maximum atomic E-state index is 12.5. The summed E-state index contributed by atoms with van der Waals surface area (Å²) in [5.74, 6) is 0.973. The van der Waals surface area contributed by atoms with Crippen molar-refractivity contribution < 1.29 is 9.53 Å². The minimum atomic E-state index is -0.202. The molecule has 6 heteroatoms. The van der Waals surface area contributed by atoms with E-state index in [9.17, 15) is 4.79 Å². The van der Waals surface area contributed by atoms with Crippen molar-refractivity contribution in [1.82, 2.24) is 15.3 Å². The second-order valence-electron chi connectivity index (χ2n) is 6.93. The second-order valence-corrected chi connectivity index (χ2v) is 6.93. The third-order valence-corrected chi connectivity index (χ3v) is 4.51. The molecule has 3 rings (SSSR count). The van der Waals surface area contributed by atoms with E-state index in [1.807, 2.05) is 0 Å². The molecular weight excluding hydrogens is 328 g/mol. The van der Waals surface area contributed by atoms with Crippen molar-refractivity contribution in [3.8, 4) is 0 Å². The molecule has 138 valence electrons. The van der Waals surface area contributed by atoms with Gasteiger partial charge in [-0.1, -0.05) is 17.7 Å². The lowest BCUT2D eigenvalue weighted by atomic mass is 10.1. The number of nitrogens with one attached hydrogen (secondary N) is 2. The maximum Gasteiger partial charge on any atom is 0.270 e. The molecule has 0 radical (unpaired) electrons. The highest BCUT2D eigenvalue weighted by Crippen LogP contribution is 2.25. The minimum Gasteiger partial charge on any atom is -0.376 e. The molecule has 0 saturated carbocycles. The molecule has 0 spiro atoms. The van der Waals surface area contributed by atoms with Gasteiger partial charge < -0.3 is 15.4 Å². The molecule has 1 saturated heterocycles. The van der Waals surface area contributed by atoms with Crippen LogP contribution in [0.4, 0.5) is 11.5 Å². The Hall–Kier alpha value is -2.47.